The number of rotatable bonds is 0. The molecule has 0 aliphatic carbocycles. The van der Waals surface area contributed by atoms with E-state index in [0.29, 0.717) is 0 Å². The van der Waals surface area contributed by atoms with Crippen LogP contribution in [0.2, 0.25) is 0 Å². The third kappa shape index (κ3) is 20.1. The van der Waals surface area contributed by atoms with Crippen LogP contribution in [0.4, 0.5) is 0 Å². The average molecular weight is 251 g/mol. The fourth-order valence-electron chi connectivity index (χ4n) is 0.711. The summed E-state index contributed by atoms with van der Waals surface area (Å²) in [7, 11) is 0. The van der Waals surface area contributed by atoms with Gasteiger partial charge in [0.2, 0.25) is 0 Å². The maximum atomic E-state index is 4.08. The van der Waals surface area contributed by atoms with Gasteiger partial charge in [-0.1, -0.05) is 66.3 Å². The highest BCUT2D eigenvalue weighted by molar-refractivity contribution is 5.18. The van der Waals surface area contributed by atoms with E-state index in [9.17, 15) is 0 Å². The summed E-state index contributed by atoms with van der Waals surface area (Å²) in [4.78, 5) is 4.08. The molecule has 0 N–H and O–H groups in total. The Hall–Kier alpha value is -1.37. The van der Waals surface area contributed by atoms with E-state index >= 15 is 0 Å². The Morgan fingerprint density at radius 1 is 1.00 bits per heavy atom. The van der Waals surface area contributed by atoms with Crippen molar-refractivity contribution in [3.63, 3.8) is 0 Å². The van der Waals surface area contributed by atoms with E-state index in [1.54, 1.807) is 12.3 Å². The Morgan fingerprint density at radius 3 is 1.61 bits per heavy atom. The van der Waals surface area contributed by atoms with Gasteiger partial charge in [-0.3, -0.25) is 4.98 Å². The molecule has 0 fully saturated rings. The van der Waals surface area contributed by atoms with Crippen molar-refractivity contribution in [1.82, 2.24) is 4.98 Å². The van der Waals surface area contributed by atoms with Gasteiger partial charge < -0.3 is 0 Å². The molecule has 0 radical (unpaired) electrons. The molecule has 1 heterocycles. The second-order valence-corrected chi connectivity index (χ2v) is 2.24. The smallest absolute Gasteiger partial charge is 0.0653 e. The van der Waals surface area contributed by atoms with Gasteiger partial charge in [-0.05, 0) is 25.1 Å². The fourth-order valence-corrected chi connectivity index (χ4v) is 0.711. The lowest BCUT2D eigenvalue weighted by Crippen LogP contribution is -2.24. The maximum Gasteiger partial charge on any atom is 0.0653 e. The average Bonchev–Trinajstić information content (AvgIpc) is 2.47. The van der Waals surface area contributed by atoms with Gasteiger partial charge in [-0.25, -0.2) is 0 Å². The second-order valence-electron chi connectivity index (χ2n) is 2.24. The molecule has 1 heteroatoms. The van der Waals surface area contributed by atoms with Gasteiger partial charge in [0.15, 0.2) is 0 Å². The predicted molar refractivity (Wildman–Crippen MR) is 89.1 cm³/mol. The lowest BCUT2D eigenvalue weighted by Gasteiger charge is -1.82. The Morgan fingerprint density at radius 2 is 1.39 bits per heavy atom. The number of hydrogen-bond acceptors (Lipinski definition) is 1. The molecule has 1 rings (SSSR count). The van der Waals surface area contributed by atoms with E-state index in [2.05, 4.69) is 18.1 Å². The minimum atomic E-state index is 0.970. The minimum Gasteiger partial charge on any atom is -0.257 e. The molecular formula is C17H33N. The number of aromatic nitrogens is 1. The number of pyridine rings is 1. The highest BCUT2D eigenvalue weighted by Gasteiger charge is 1.75. The number of hydrogen-bond donors (Lipinski definition) is 0. The van der Waals surface area contributed by atoms with Crippen molar-refractivity contribution in [2.75, 3.05) is 0 Å². The summed E-state index contributed by atoms with van der Waals surface area (Å²) in [6.45, 7) is 23.0. The molecule has 0 aliphatic rings. The third-order valence-corrected chi connectivity index (χ3v) is 1.20. The van der Waals surface area contributed by atoms with Crippen molar-refractivity contribution in [3.8, 4) is 0 Å². The zero-order valence-corrected chi connectivity index (χ0v) is 13.7. The van der Waals surface area contributed by atoms with Gasteiger partial charge in [0.1, 0.15) is 0 Å². The van der Waals surface area contributed by atoms with E-state index in [1.165, 1.54) is 0 Å². The molecule has 1 nitrogen and oxygen atoms in total. The molecule has 0 saturated heterocycles. The lowest BCUT2D eigenvalue weighted by atomic mass is 10.3. The van der Waals surface area contributed by atoms with E-state index < -0.39 is 0 Å². The molecule has 1 aromatic heterocycles. The standard InChI is InChI=1S/C8H9N.C3H6.3C2H6/c1-3-8-7(2)5-4-6-9-8;1-3-2;3*1-2/h3-6H,2H2,1H3;3H,1H2,2H3;3*1-2H3/b8-3+;;;;. The molecule has 0 unspecified atom stereocenters. The van der Waals surface area contributed by atoms with Crippen molar-refractivity contribution >= 4 is 12.7 Å². The van der Waals surface area contributed by atoms with Crippen LogP contribution in [0.5, 0.6) is 0 Å². The fraction of sp³-hybridized carbons (Fsp3) is 0.471. The van der Waals surface area contributed by atoms with Gasteiger partial charge in [-0.2, -0.15) is 0 Å². The largest absolute Gasteiger partial charge is 0.257 e. The van der Waals surface area contributed by atoms with E-state index in [-0.39, 0.29) is 0 Å². The Balaban J connectivity index is -0.0000000925. The third-order valence-electron chi connectivity index (χ3n) is 1.20. The van der Waals surface area contributed by atoms with Gasteiger partial charge >= 0.3 is 0 Å². The number of nitrogens with zero attached hydrogens (tertiary/aromatic N) is 1. The summed E-state index contributed by atoms with van der Waals surface area (Å²) in [5, 5.41) is 1.96. The van der Waals surface area contributed by atoms with Crippen molar-refractivity contribution in [2.24, 2.45) is 0 Å². The van der Waals surface area contributed by atoms with Crippen LogP contribution < -0.4 is 10.6 Å². The Kier molecular flexibility index (Phi) is 41.9. The quantitative estimate of drug-likeness (QED) is 0.616. The summed E-state index contributed by atoms with van der Waals surface area (Å²) in [6.07, 6.45) is 5.46. The second kappa shape index (κ2) is 29.6. The molecule has 106 valence electrons. The number of allylic oxidation sites excluding steroid dienone is 1. The Labute approximate surface area is 115 Å². The SMILES string of the molecule is C=CC.C=c1cccn/c1=C/C.CC.CC.CC. The molecule has 0 amide bonds. The van der Waals surface area contributed by atoms with E-state index in [4.69, 9.17) is 0 Å². The van der Waals surface area contributed by atoms with Crippen molar-refractivity contribution < 1.29 is 0 Å². The normalized spacial score (nSPS) is 7.67. The Bertz CT molecular complexity index is 326. The molecule has 0 bridgehead atoms. The molecule has 0 saturated carbocycles. The first-order valence-corrected chi connectivity index (χ1v) is 6.89. The highest BCUT2D eigenvalue weighted by atomic mass is 14.6. The summed E-state index contributed by atoms with van der Waals surface area (Å²) in [5.74, 6) is 0. The predicted octanol–water partition coefficient (Wildman–Crippen LogP) is 4.56. The van der Waals surface area contributed by atoms with Crippen molar-refractivity contribution in [1.29, 1.82) is 0 Å². The summed E-state index contributed by atoms with van der Waals surface area (Å²) < 4.78 is 0. The van der Waals surface area contributed by atoms with Crippen LogP contribution in [0.3, 0.4) is 0 Å². The molecular weight excluding hydrogens is 218 g/mol. The van der Waals surface area contributed by atoms with E-state index in [1.807, 2.05) is 73.6 Å². The minimum absolute atomic E-state index is 0.970. The molecule has 0 spiro atoms. The zero-order chi connectivity index (χ0) is 15.4. The lowest BCUT2D eigenvalue weighted by molar-refractivity contribution is 1.22. The van der Waals surface area contributed by atoms with Crippen LogP contribution in [0.1, 0.15) is 55.4 Å². The van der Waals surface area contributed by atoms with Crippen LogP contribution in [-0.2, 0) is 0 Å². The highest BCUT2D eigenvalue weighted by Crippen LogP contribution is 1.62. The topological polar surface area (TPSA) is 12.9 Å². The molecule has 1 aromatic rings. The van der Waals surface area contributed by atoms with Crippen LogP contribution in [0.25, 0.3) is 12.7 Å². The van der Waals surface area contributed by atoms with Crippen molar-refractivity contribution in [3.05, 3.63) is 41.6 Å². The van der Waals surface area contributed by atoms with Crippen LogP contribution in [0.15, 0.2) is 31.0 Å². The zero-order valence-electron chi connectivity index (χ0n) is 13.7. The van der Waals surface area contributed by atoms with Crippen LogP contribution in [0, 0.1) is 0 Å². The van der Waals surface area contributed by atoms with Gasteiger partial charge in [0.05, 0.1) is 5.35 Å². The first-order valence-electron chi connectivity index (χ1n) is 6.89. The molecule has 0 aromatic carbocycles. The summed E-state index contributed by atoms with van der Waals surface area (Å²) in [5.41, 5.74) is 0. The monoisotopic (exact) mass is 251 g/mol. The maximum absolute atomic E-state index is 4.08. The summed E-state index contributed by atoms with van der Waals surface area (Å²) in [6, 6.07) is 3.83. The first-order chi connectivity index (χ1) is 8.76. The molecule has 18 heavy (non-hydrogen) atoms. The van der Waals surface area contributed by atoms with E-state index in [0.717, 1.165) is 10.6 Å². The first kappa shape index (κ1) is 25.5. The summed E-state index contributed by atoms with van der Waals surface area (Å²) >= 11 is 0. The van der Waals surface area contributed by atoms with Gasteiger partial charge in [0.25, 0.3) is 0 Å². The van der Waals surface area contributed by atoms with Gasteiger partial charge in [-0.15, -0.1) is 6.58 Å². The van der Waals surface area contributed by atoms with Crippen LogP contribution >= 0.6 is 0 Å². The molecule has 0 aliphatic heterocycles. The van der Waals surface area contributed by atoms with Gasteiger partial charge in [0, 0.05) is 6.20 Å². The van der Waals surface area contributed by atoms with Crippen molar-refractivity contribution in [2.45, 2.75) is 55.4 Å². The van der Waals surface area contributed by atoms with Crippen LogP contribution in [-0.4, -0.2) is 4.98 Å². The molecule has 0 atom stereocenters.